The molecule has 0 amide bonds. The summed E-state index contributed by atoms with van der Waals surface area (Å²) >= 11 is 0. The van der Waals surface area contributed by atoms with Gasteiger partial charge in [0.05, 0.1) is 7.11 Å². The average molecular weight is 342 g/mol. The van der Waals surface area contributed by atoms with E-state index >= 15 is 0 Å². The van der Waals surface area contributed by atoms with Crippen molar-refractivity contribution in [3.63, 3.8) is 0 Å². The van der Waals surface area contributed by atoms with Crippen molar-refractivity contribution >= 4 is 0 Å². The van der Waals surface area contributed by atoms with Crippen LogP contribution in [0.5, 0.6) is 5.75 Å². The molecule has 0 aliphatic rings. The lowest BCUT2D eigenvalue weighted by Crippen LogP contribution is -2.22. The zero-order valence-electron chi connectivity index (χ0n) is 14.9. The summed E-state index contributed by atoms with van der Waals surface area (Å²) in [6, 6.07) is 20.4. The Morgan fingerprint density at radius 1 is 0.923 bits per heavy atom. The van der Waals surface area contributed by atoms with Gasteiger partial charge in [-0.15, -0.1) is 6.42 Å². The van der Waals surface area contributed by atoms with E-state index < -0.39 is 0 Å². The van der Waals surface area contributed by atoms with Crippen LogP contribution in [0.3, 0.4) is 0 Å². The molecule has 0 unspecified atom stereocenters. The fourth-order valence-electron chi connectivity index (χ4n) is 2.96. The predicted molar refractivity (Wildman–Crippen MR) is 105 cm³/mol. The van der Waals surface area contributed by atoms with Crippen molar-refractivity contribution < 1.29 is 4.74 Å². The number of para-hydroxylation sites is 1. The molecule has 0 aliphatic carbocycles. The molecule has 130 valence electrons. The maximum absolute atomic E-state index is 5.52. The van der Waals surface area contributed by atoms with E-state index in [-0.39, 0.29) is 0 Å². The van der Waals surface area contributed by atoms with E-state index in [4.69, 9.17) is 11.2 Å². The van der Waals surface area contributed by atoms with Crippen molar-refractivity contribution in [1.82, 2.24) is 9.88 Å². The summed E-state index contributed by atoms with van der Waals surface area (Å²) < 4.78 is 5.52. The number of aromatic nitrogens is 1. The molecule has 26 heavy (non-hydrogen) atoms. The molecule has 0 radical (unpaired) electrons. The molecule has 3 nitrogen and oxygen atoms in total. The first kappa shape index (κ1) is 17.7. The van der Waals surface area contributed by atoms with Gasteiger partial charge < -0.3 is 4.74 Å². The Kier molecular flexibility index (Phi) is 6.03. The summed E-state index contributed by atoms with van der Waals surface area (Å²) in [4.78, 5) is 6.61. The second-order valence-corrected chi connectivity index (χ2v) is 6.16. The van der Waals surface area contributed by atoms with Crippen LogP contribution in [0.15, 0.2) is 73.1 Å². The summed E-state index contributed by atoms with van der Waals surface area (Å²) in [5, 5.41) is 0. The van der Waals surface area contributed by atoms with Crippen molar-refractivity contribution in [2.45, 2.75) is 19.6 Å². The third-order valence-corrected chi connectivity index (χ3v) is 4.24. The van der Waals surface area contributed by atoms with Crippen molar-refractivity contribution in [3.8, 4) is 18.1 Å². The Morgan fingerprint density at radius 3 is 2.38 bits per heavy atom. The number of pyridine rings is 1. The molecule has 0 aliphatic heterocycles. The van der Waals surface area contributed by atoms with Gasteiger partial charge in [-0.25, -0.2) is 0 Å². The monoisotopic (exact) mass is 342 g/mol. The van der Waals surface area contributed by atoms with Crippen molar-refractivity contribution in [3.05, 3.63) is 95.3 Å². The summed E-state index contributed by atoms with van der Waals surface area (Å²) in [7, 11) is 1.71. The smallest absolute Gasteiger partial charge is 0.123 e. The number of hydrogen-bond donors (Lipinski definition) is 0. The quantitative estimate of drug-likeness (QED) is 0.600. The van der Waals surface area contributed by atoms with Crippen LogP contribution in [0.1, 0.15) is 22.3 Å². The first-order valence-electron chi connectivity index (χ1n) is 8.57. The summed E-state index contributed by atoms with van der Waals surface area (Å²) in [6.07, 6.45) is 9.17. The maximum atomic E-state index is 5.52. The van der Waals surface area contributed by atoms with Crippen molar-refractivity contribution in [2.75, 3.05) is 7.11 Å². The maximum Gasteiger partial charge on any atom is 0.123 e. The standard InChI is InChI=1S/C23H22N2O/c1-3-19-10-12-20(13-11-19)16-25(17-21-7-6-14-24-15-21)18-22-8-4-5-9-23(22)26-2/h1,4-15H,16-18H2,2H3. The number of benzene rings is 2. The van der Waals surface area contributed by atoms with Gasteiger partial charge in [-0.2, -0.15) is 0 Å². The SMILES string of the molecule is C#Cc1ccc(CN(Cc2cccnc2)Cc2ccccc2OC)cc1. The second-order valence-electron chi connectivity index (χ2n) is 6.16. The van der Waals surface area contributed by atoms with Crippen molar-refractivity contribution in [1.29, 1.82) is 0 Å². The number of rotatable bonds is 7. The molecule has 3 aromatic rings. The normalized spacial score (nSPS) is 10.5. The van der Waals surface area contributed by atoms with E-state index in [1.54, 1.807) is 13.3 Å². The molecular weight excluding hydrogens is 320 g/mol. The Morgan fingerprint density at radius 2 is 1.69 bits per heavy atom. The lowest BCUT2D eigenvalue weighted by atomic mass is 10.1. The molecule has 1 aromatic heterocycles. The van der Waals surface area contributed by atoms with E-state index in [0.717, 1.165) is 30.9 Å². The van der Waals surface area contributed by atoms with E-state index in [0.29, 0.717) is 0 Å². The zero-order valence-corrected chi connectivity index (χ0v) is 14.9. The highest BCUT2D eigenvalue weighted by Gasteiger charge is 2.11. The first-order chi connectivity index (χ1) is 12.8. The molecule has 0 atom stereocenters. The van der Waals surface area contributed by atoms with E-state index in [1.807, 2.05) is 42.6 Å². The van der Waals surface area contributed by atoms with Gasteiger partial charge >= 0.3 is 0 Å². The van der Waals surface area contributed by atoms with Crippen LogP contribution in [0.4, 0.5) is 0 Å². The first-order valence-corrected chi connectivity index (χ1v) is 8.57. The molecule has 0 saturated heterocycles. The van der Waals surface area contributed by atoms with Crippen LogP contribution < -0.4 is 4.74 Å². The van der Waals surface area contributed by atoms with Crippen LogP contribution >= 0.6 is 0 Å². The molecule has 0 fully saturated rings. The number of ether oxygens (including phenoxy) is 1. The molecule has 2 aromatic carbocycles. The lowest BCUT2D eigenvalue weighted by molar-refractivity contribution is 0.243. The highest BCUT2D eigenvalue weighted by atomic mass is 16.5. The average Bonchev–Trinajstić information content (AvgIpc) is 2.70. The van der Waals surface area contributed by atoms with Gasteiger partial charge in [-0.3, -0.25) is 9.88 Å². The van der Waals surface area contributed by atoms with Crippen LogP contribution in [0, 0.1) is 12.3 Å². The van der Waals surface area contributed by atoms with Crippen LogP contribution in [-0.4, -0.2) is 17.0 Å². The highest BCUT2D eigenvalue weighted by Crippen LogP contribution is 2.21. The summed E-state index contributed by atoms with van der Waals surface area (Å²) in [6.45, 7) is 2.41. The number of hydrogen-bond acceptors (Lipinski definition) is 3. The molecular formula is C23H22N2O. The van der Waals surface area contributed by atoms with Crippen LogP contribution in [-0.2, 0) is 19.6 Å². The molecule has 3 rings (SSSR count). The number of terminal acetylenes is 1. The third-order valence-electron chi connectivity index (χ3n) is 4.24. The van der Waals surface area contributed by atoms with E-state index in [2.05, 4.69) is 40.1 Å². The molecule has 0 saturated carbocycles. The van der Waals surface area contributed by atoms with Crippen LogP contribution in [0.25, 0.3) is 0 Å². The molecule has 1 heterocycles. The molecule has 0 N–H and O–H groups in total. The fourth-order valence-corrected chi connectivity index (χ4v) is 2.96. The van der Waals surface area contributed by atoms with Crippen LogP contribution in [0.2, 0.25) is 0 Å². The minimum Gasteiger partial charge on any atom is -0.496 e. The largest absolute Gasteiger partial charge is 0.496 e. The van der Waals surface area contributed by atoms with Gasteiger partial charge in [-0.1, -0.05) is 42.3 Å². The summed E-state index contributed by atoms with van der Waals surface area (Å²) in [5.41, 5.74) is 4.47. The Balaban J connectivity index is 1.82. The third kappa shape index (κ3) is 4.72. The Bertz CT molecular complexity index is 867. The van der Waals surface area contributed by atoms with Gasteiger partial charge in [0.25, 0.3) is 0 Å². The zero-order chi connectivity index (χ0) is 18.2. The lowest BCUT2D eigenvalue weighted by Gasteiger charge is -2.23. The topological polar surface area (TPSA) is 25.4 Å². The van der Waals surface area contributed by atoms with Gasteiger partial charge in [0.1, 0.15) is 5.75 Å². The Labute approximate surface area is 155 Å². The predicted octanol–water partition coefficient (Wildman–Crippen LogP) is 4.27. The Hall–Kier alpha value is -3.09. The highest BCUT2D eigenvalue weighted by molar-refractivity contribution is 5.35. The fraction of sp³-hybridized carbons (Fsp3) is 0.174. The number of nitrogens with zero attached hydrogens (tertiary/aromatic N) is 2. The summed E-state index contributed by atoms with van der Waals surface area (Å²) in [5.74, 6) is 3.57. The molecule has 0 spiro atoms. The van der Waals surface area contributed by atoms with Gasteiger partial charge in [0.2, 0.25) is 0 Å². The van der Waals surface area contributed by atoms with E-state index in [1.165, 1.54) is 16.7 Å². The number of methoxy groups -OCH3 is 1. The van der Waals surface area contributed by atoms with Gasteiger partial charge in [0, 0.05) is 43.2 Å². The van der Waals surface area contributed by atoms with Crippen molar-refractivity contribution in [2.24, 2.45) is 0 Å². The molecule has 3 heteroatoms. The minimum absolute atomic E-state index is 0.787. The van der Waals surface area contributed by atoms with E-state index in [9.17, 15) is 0 Å². The van der Waals surface area contributed by atoms with Gasteiger partial charge in [-0.05, 0) is 35.4 Å². The molecule has 0 bridgehead atoms. The van der Waals surface area contributed by atoms with Gasteiger partial charge in [0.15, 0.2) is 0 Å². The minimum atomic E-state index is 0.787. The second kappa shape index (κ2) is 8.84.